The van der Waals surface area contributed by atoms with Crippen molar-refractivity contribution in [1.29, 1.82) is 5.26 Å². The molecule has 25 heavy (non-hydrogen) atoms. The minimum absolute atomic E-state index is 0.0142. The highest BCUT2D eigenvalue weighted by molar-refractivity contribution is 5.91. The number of hydrogen-bond acceptors (Lipinski definition) is 4. The Morgan fingerprint density at radius 1 is 1.44 bits per heavy atom. The van der Waals surface area contributed by atoms with Crippen molar-refractivity contribution < 1.29 is 18.3 Å². The smallest absolute Gasteiger partial charge is 0.387 e. The maximum absolute atomic E-state index is 12.4. The van der Waals surface area contributed by atoms with Gasteiger partial charge in [0, 0.05) is 18.2 Å². The summed E-state index contributed by atoms with van der Waals surface area (Å²) in [5.41, 5.74) is 1.89. The molecule has 1 atom stereocenters. The van der Waals surface area contributed by atoms with Crippen LogP contribution < -0.4 is 15.4 Å². The van der Waals surface area contributed by atoms with Gasteiger partial charge in [-0.15, -0.1) is 0 Å². The van der Waals surface area contributed by atoms with E-state index in [2.05, 4.69) is 25.6 Å². The molecule has 1 aromatic carbocycles. The second-order valence-corrected chi connectivity index (χ2v) is 5.45. The number of amides is 2. The molecule has 132 valence electrons. The van der Waals surface area contributed by atoms with E-state index in [1.54, 1.807) is 6.92 Å². The first-order valence-corrected chi connectivity index (χ1v) is 7.44. The highest BCUT2D eigenvalue weighted by atomic mass is 19.3. The molecule has 0 radical (unpaired) electrons. The van der Waals surface area contributed by atoms with Crippen LogP contribution in [0.15, 0.2) is 24.3 Å². The summed E-state index contributed by atoms with van der Waals surface area (Å²) in [5.74, 6) is -0.222. The van der Waals surface area contributed by atoms with Crippen molar-refractivity contribution in [3.63, 3.8) is 0 Å². The number of alkyl halides is 2. The van der Waals surface area contributed by atoms with Crippen LogP contribution >= 0.6 is 0 Å². The Kier molecular flexibility index (Phi) is 5.89. The SMILES string of the molecule is Cc1cc(CC(C)NC(=O)Nc2cc(C#N)ccc2OC(F)F)n[nH]1. The maximum Gasteiger partial charge on any atom is 0.387 e. The van der Waals surface area contributed by atoms with Gasteiger partial charge in [-0.1, -0.05) is 0 Å². The van der Waals surface area contributed by atoms with Crippen LogP contribution in [-0.4, -0.2) is 28.9 Å². The molecule has 2 aromatic rings. The van der Waals surface area contributed by atoms with Gasteiger partial charge in [0.15, 0.2) is 0 Å². The van der Waals surface area contributed by atoms with Crippen molar-refractivity contribution in [1.82, 2.24) is 15.5 Å². The summed E-state index contributed by atoms with van der Waals surface area (Å²) in [6.07, 6.45) is 0.496. The number of nitrogens with one attached hydrogen (secondary N) is 3. The molecule has 1 aromatic heterocycles. The number of nitrogens with zero attached hydrogens (tertiary/aromatic N) is 2. The fourth-order valence-electron chi connectivity index (χ4n) is 2.22. The van der Waals surface area contributed by atoms with Crippen LogP contribution in [-0.2, 0) is 6.42 Å². The molecule has 3 N–H and O–H groups in total. The number of nitriles is 1. The van der Waals surface area contributed by atoms with E-state index in [1.165, 1.54) is 18.2 Å². The number of anilines is 1. The number of benzene rings is 1. The predicted molar refractivity (Wildman–Crippen MR) is 86.4 cm³/mol. The van der Waals surface area contributed by atoms with Gasteiger partial charge in [0.1, 0.15) is 5.75 Å². The summed E-state index contributed by atoms with van der Waals surface area (Å²) in [7, 11) is 0. The van der Waals surface area contributed by atoms with E-state index in [0.717, 1.165) is 11.4 Å². The Balaban J connectivity index is 2.02. The molecule has 0 aliphatic rings. The largest absolute Gasteiger partial charge is 0.433 e. The van der Waals surface area contributed by atoms with Crippen molar-refractivity contribution in [2.75, 3.05) is 5.32 Å². The number of H-pyrrole nitrogens is 1. The molecule has 9 heteroatoms. The van der Waals surface area contributed by atoms with Crippen molar-refractivity contribution in [3.05, 3.63) is 41.2 Å². The molecule has 2 amide bonds. The van der Waals surface area contributed by atoms with E-state index in [0.29, 0.717) is 6.42 Å². The van der Waals surface area contributed by atoms with Gasteiger partial charge in [-0.05, 0) is 38.1 Å². The van der Waals surface area contributed by atoms with Crippen molar-refractivity contribution >= 4 is 11.7 Å². The summed E-state index contributed by atoms with van der Waals surface area (Å²) in [5, 5.41) is 20.9. The third kappa shape index (κ3) is 5.46. The highest BCUT2D eigenvalue weighted by Gasteiger charge is 2.15. The molecule has 0 aliphatic heterocycles. The van der Waals surface area contributed by atoms with E-state index in [9.17, 15) is 13.6 Å². The number of hydrogen-bond donors (Lipinski definition) is 3. The lowest BCUT2D eigenvalue weighted by atomic mass is 10.2. The molecule has 0 saturated heterocycles. The average molecular weight is 349 g/mol. The topological polar surface area (TPSA) is 103 Å². The third-order valence-electron chi connectivity index (χ3n) is 3.22. The molecular weight excluding hydrogens is 332 g/mol. The number of aryl methyl sites for hydroxylation is 1. The Morgan fingerprint density at radius 2 is 2.20 bits per heavy atom. The van der Waals surface area contributed by atoms with Gasteiger partial charge < -0.3 is 15.4 Å². The summed E-state index contributed by atoms with van der Waals surface area (Å²) in [6.45, 7) is 0.609. The zero-order valence-corrected chi connectivity index (χ0v) is 13.6. The minimum Gasteiger partial charge on any atom is -0.433 e. The molecule has 2 rings (SSSR count). The van der Waals surface area contributed by atoms with Crippen LogP contribution in [0.4, 0.5) is 19.3 Å². The first-order valence-electron chi connectivity index (χ1n) is 7.44. The number of ether oxygens (including phenoxy) is 1. The van der Waals surface area contributed by atoms with Crippen LogP contribution in [0.1, 0.15) is 23.9 Å². The normalized spacial score (nSPS) is 11.7. The van der Waals surface area contributed by atoms with Crippen LogP contribution in [0.5, 0.6) is 5.75 Å². The Labute approximate surface area is 143 Å². The van der Waals surface area contributed by atoms with Crippen LogP contribution in [0.2, 0.25) is 0 Å². The molecule has 0 spiro atoms. The Bertz CT molecular complexity index is 785. The summed E-state index contributed by atoms with van der Waals surface area (Å²) in [6, 6.07) is 6.67. The number of rotatable bonds is 6. The first-order chi connectivity index (χ1) is 11.9. The molecule has 0 bridgehead atoms. The summed E-state index contributed by atoms with van der Waals surface area (Å²) >= 11 is 0. The Hall–Kier alpha value is -3.15. The van der Waals surface area contributed by atoms with Gasteiger partial charge in [0.05, 0.1) is 23.0 Å². The summed E-state index contributed by atoms with van der Waals surface area (Å²) in [4.78, 5) is 12.1. The van der Waals surface area contributed by atoms with Crippen LogP contribution in [0.3, 0.4) is 0 Å². The van der Waals surface area contributed by atoms with Crippen LogP contribution in [0.25, 0.3) is 0 Å². The number of aromatic amines is 1. The number of halogens is 2. The van der Waals surface area contributed by atoms with E-state index in [1.807, 2.05) is 19.1 Å². The second kappa shape index (κ2) is 8.10. The lowest BCUT2D eigenvalue weighted by Gasteiger charge is -2.16. The molecule has 0 aliphatic carbocycles. The van der Waals surface area contributed by atoms with Gasteiger partial charge in [-0.2, -0.15) is 19.1 Å². The first kappa shape index (κ1) is 18.2. The zero-order valence-electron chi connectivity index (χ0n) is 13.6. The van der Waals surface area contributed by atoms with Gasteiger partial charge >= 0.3 is 12.6 Å². The molecule has 1 heterocycles. The van der Waals surface area contributed by atoms with E-state index in [-0.39, 0.29) is 23.0 Å². The lowest BCUT2D eigenvalue weighted by molar-refractivity contribution is -0.0493. The van der Waals surface area contributed by atoms with Crippen molar-refractivity contribution in [2.45, 2.75) is 32.9 Å². The Morgan fingerprint density at radius 3 is 2.80 bits per heavy atom. The number of carbonyl (C=O) groups excluding carboxylic acids is 1. The zero-order chi connectivity index (χ0) is 18.4. The van der Waals surface area contributed by atoms with Gasteiger partial charge in [-0.25, -0.2) is 4.79 Å². The monoisotopic (exact) mass is 349 g/mol. The fourth-order valence-corrected chi connectivity index (χ4v) is 2.22. The van der Waals surface area contributed by atoms with Crippen molar-refractivity contribution in [2.24, 2.45) is 0 Å². The molecule has 0 saturated carbocycles. The van der Waals surface area contributed by atoms with Crippen molar-refractivity contribution in [3.8, 4) is 11.8 Å². The maximum atomic E-state index is 12.4. The van der Waals surface area contributed by atoms with Crippen LogP contribution in [0, 0.1) is 18.3 Å². The summed E-state index contributed by atoms with van der Waals surface area (Å²) < 4.78 is 29.2. The second-order valence-electron chi connectivity index (χ2n) is 5.45. The standard InChI is InChI=1S/C16H17F2N5O2/c1-9(5-12-6-10(2)22-23-12)20-16(24)21-13-7-11(8-19)3-4-14(13)25-15(17)18/h3-4,6-7,9,15H,5H2,1-2H3,(H,22,23)(H2,20,21,24). The predicted octanol–water partition coefficient (Wildman–Crippen LogP) is 2.94. The molecular formula is C16H17F2N5O2. The number of aromatic nitrogens is 2. The molecule has 0 fully saturated rings. The number of carbonyl (C=O) groups is 1. The highest BCUT2D eigenvalue weighted by Crippen LogP contribution is 2.27. The quantitative estimate of drug-likeness (QED) is 0.746. The van der Waals surface area contributed by atoms with E-state index >= 15 is 0 Å². The minimum atomic E-state index is -3.04. The van der Waals surface area contributed by atoms with Gasteiger partial charge in [-0.3, -0.25) is 5.10 Å². The third-order valence-corrected chi connectivity index (χ3v) is 3.22. The van der Waals surface area contributed by atoms with E-state index < -0.39 is 12.6 Å². The lowest BCUT2D eigenvalue weighted by Crippen LogP contribution is -2.37. The number of urea groups is 1. The molecule has 1 unspecified atom stereocenters. The average Bonchev–Trinajstić information content (AvgIpc) is 2.93. The van der Waals surface area contributed by atoms with E-state index in [4.69, 9.17) is 5.26 Å². The van der Waals surface area contributed by atoms with Gasteiger partial charge in [0.2, 0.25) is 0 Å². The van der Waals surface area contributed by atoms with Gasteiger partial charge in [0.25, 0.3) is 0 Å². The fraction of sp³-hybridized carbons (Fsp3) is 0.312. The molecule has 7 nitrogen and oxygen atoms in total.